The summed E-state index contributed by atoms with van der Waals surface area (Å²) in [6, 6.07) is 18.7. The SMILES string of the molecule is CCCCCOc1cccc(C2C(C(=O)c3cc4cccc(OC)c4o3)=C(O)C(=O)N2c2nc3ccc(OCC)cc3s2)c1. The van der Waals surface area contributed by atoms with Gasteiger partial charge >= 0.3 is 0 Å². The Morgan fingerprint density at radius 2 is 1.84 bits per heavy atom. The molecule has 0 bridgehead atoms. The molecule has 1 unspecified atom stereocenters. The zero-order valence-corrected chi connectivity index (χ0v) is 25.5. The lowest BCUT2D eigenvalue weighted by Gasteiger charge is -2.24. The number of hydrogen-bond donors (Lipinski definition) is 1. The first kappa shape index (κ1) is 29.3. The predicted molar refractivity (Wildman–Crippen MR) is 169 cm³/mol. The van der Waals surface area contributed by atoms with Gasteiger partial charge in [0.2, 0.25) is 5.78 Å². The van der Waals surface area contributed by atoms with Crippen molar-refractivity contribution in [2.24, 2.45) is 0 Å². The standard InChI is InChI=1S/C34H32N2O7S/c1-4-6-7-16-42-22-12-8-10-20(17-22)29-28(30(37)26-18-21-11-9-13-25(40-3)32(21)43-26)31(38)33(39)36(29)34-35-24-15-14-23(41-5-2)19-27(24)44-34/h8-15,17-19,29,38H,4-7,16H2,1-3H3. The van der Waals surface area contributed by atoms with Crippen LogP contribution in [0.15, 0.2) is 82.5 Å². The second-order valence-electron chi connectivity index (χ2n) is 10.3. The van der Waals surface area contributed by atoms with E-state index < -0.39 is 23.5 Å². The maximum Gasteiger partial charge on any atom is 0.296 e. The van der Waals surface area contributed by atoms with Crippen LogP contribution >= 0.6 is 11.3 Å². The highest BCUT2D eigenvalue weighted by molar-refractivity contribution is 7.22. The lowest BCUT2D eigenvalue weighted by molar-refractivity contribution is -0.117. The van der Waals surface area contributed by atoms with E-state index in [9.17, 15) is 14.7 Å². The van der Waals surface area contributed by atoms with Gasteiger partial charge in [-0.25, -0.2) is 4.98 Å². The molecule has 1 aliphatic rings. The van der Waals surface area contributed by atoms with Gasteiger partial charge in [-0.05, 0) is 61.4 Å². The normalized spacial score (nSPS) is 15.0. The fourth-order valence-corrected chi connectivity index (χ4v) is 6.38. The molecule has 0 fully saturated rings. The molecule has 1 N–H and O–H groups in total. The highest BCUT2D eigenvalue weighted by Crippen LogP contribution is 2.45. The summed E-state index contributed by atoms with van der Waals surface area (Å²) in [5.74, 6) is -0.276. The van der Waals surface area contributed by atoms with E-state index in [1.807, 2.05) is 37.3 Å². The van der Waals surface area contributed by atoms with Crippen molar-refractivity contribution in [3.05, 3.63) is 89.4 Å². The quantitative estimate of drug-likeness (QED) is 0.112. The number of carbonyl (C=O) groups is 2. The number of ether oxygens (including phenoxy) is 3. The summed E-state index contributed by atoms with van der Waals surface area (Å²) < 4.78 is 23.8. The van der Waals surface area contributed by atoms with E-state index in [2.05, 4.69) is 6.92 Å². The summed E-state index contributed by atoms with van der Waals surface area (Å²) in [7, 11) is 1.52. The zero-order chi connectivity index (χ0) is 30.8. The number of nitrogens with zero attached hydrogens (tertiary/aromatic N) is 2. The number of Topliss-reactive ketones (excluding diaryl/α,β-unsaturated/α-hetero) is 1. The first-order valence-corrected chi connectivity index (χ1v) is 15.4. The van der Waals surface area contributed by atoms with Crippen molar-refractivity contribution >= 4 is 49.3 Å². The third kappa shape index (κ3) is 5.37. The lowest BCUT2D eigenvalue weighted by atomic mass is 9.95. The number of unbranched alkanes of at least 4 members (excludes halogenated alkanes) is 2. The Hall–Kier alpha value is -4.83. The van der Waals surface area contributed by atoms with Gasteiger partial charge in [0.25, 0.3) is 5.91 Å². The Morgan fingerprint density at radius 1 is 1.02 bits per heavy atom. The summed E-state index contributed by atoms with van der Waals surface area (Å²) in [6.07, 6.45) is 3.02. The number of para-hydroxylation sites is 1. The average molecular weight is 613 g/mol. The molecule has 44 heavy (non-hydrogen) atoms. The summed E-state index contributed by atoms with van der Waals surface area (Å²) in [6.45, 7) is 5.08. The van der Waals surface area contributed by atoms with Gasteiger partial charge in [-0.1, -0.05) is 55.4 Å². The fraction of sp³-hybridized carbons (Fsp3) is 0.265. The number of aliphatic hydroxyl groups excluding tert-OH is 1. The summed E-state index contributed by atoms with van der Waals surface area (Å²) in [4.78, 5) is 34.1. The van der Waals surface area contributed by atoms with E-state index in [1.165, 1.54) is 23.3 Å². The highest BCUT2D eigenvalue weighted by atomic mass is 32.1. The third-order valence-corrected chi connectivity index (χ3v) is 8.48. The van der Waals surface area contributed by atoms with Crippen molar-refractivity contribution in [1.29, 1.82) is 0 Å². The zero-order valence-electron chi connectivity index (χ0n) is 24.7. The topological polar surface area (TPSA) is 111 Å². The number of rotatable bonds is 12. The smallest absolute Gasteiger partial charge is 0.296 e. The Labute approximate surface area is 258 Å². The highest BCUT2D eigenvalue weighted by Gasteiger charge is 2.46. The molecule has 10 heteroatoms. The minimum absolute atomic E-state index is 0.0247. The Kier molecular flexibility index (Phi) is 8.25. The van der Waals surface area contributed by atoms with Crippen molar-refractivity contribution in [1.82, 2.24) is 4.98 Å². The number of methoxy groups -OCH3 is 1. The number of aromatic nitrogens is 1. The monoisotopic (exact) mass is 612 g/mol. The van der Waals surface area contributed by atoms with Gasteiger partial charge < -0.3 is 23.7 Å². The molecule has 0 spiro atoms. The van der Waals surface area contributed by atoms with E-state index in [1.54, 1.807) is 36.4 Å². The van der Waals surface area contributed by atoms with Gasteiger partial charge in [-0.3, -0.25) is 14.5 Å². The van der Waals surface area contributed by atoms with E-state index in [0.717, 1.165) is 24.0 Å². The van der Waals surface area contributed by atoms with Crippen molar-refractivity contribution in [2.75, 3.05) is 25.2 Å². The van der Waals surface area contributed by atoms with Crippen LogP contribution in [0.3, 0.4) is 0 Å². The summed E-state index contributed by atoms with van der Waals surface area (Å²) >= 11 is 1.27. The molecular weight excluding hydrogens is 580 g/mol. The maximum atomic E-state index is 14.2. The third-order valence-electron chi connectivity index (χ3n) is 7.46. The molecule has 6 rings (SSSR count). The Balaban J connectivity index is 1.45. The molecule has 0 aliphatic carbocycles. The molecule has 0 saturated carbocycles. The van der Waals surface area contributed by atoms with Crippen LogP contribution < -0.4 is 19.1 Å². The molecule has 0 saturated heterocycles. The second-order valence-corrected chi connectivity index (χ2v) is 11.4. The molecule has 226 valence electrons. The maximum absolute atomic E-state index is 14.2. The molecule has 3 aromatic carbocycles. The lowest BCUT2D eigenvalue weighted by Crippen LogP contribution is -2.31. The number of hydrogen-bond acceptors (Lipinski definition) is 9. The Morgan fingerprint density at radius 3 is 2.64 bits per heavy atom. The van der Waals surface area contributed by atoms with Crippen LogP contribution in [0.25, 0.3) is 21.2 Å². The van der Waals surface area contributed by atoms with Gasteiger partial charge in [0, 0.05) is 5.39 Å². The number of ketones is 1. The van der Waals surface area contributed by atoms with Gasteiger partial charge in [0.15, 0.2) is 28.0 Å². The number of thiazole rings is 1. The van der Waals surface area contributed by atoms with Crippen LogP contribution in [0.1, 0.15) is 55.3 Å². The van der Waals surface area contributed by atoms with Crippen LogP contribution in [0.5, 0.6) is 17.2 Å². The number of anilines is 1. The van der Waals surface area contributed by atoms with Crippen LogP contribution in [-0.2, 0) is 4.79 Å². The van der Waals surface area contributed by atoms with Crippen molar-refractivity contribution in [3.63, 3.8) is 0 Å². The molecule has 0 radical (unpaired) electrons. The minimum Gasteiger partial charge on any atom is -0.503 e. The Bertz CT molecular complexity index is 1890. The number of benzene rings is 3. The molecule has 1 amide bonds. The van der Waals surface area contributed by atoms with E-state index in [4.69, 9.17) is 23.6 Å². The average Bonchev–Trinajstić information content (AvgIpc) is 3.73. The van der Waals surface area contributed by atoms with Gasteiger partial charge in [-0.15, -0.1) is 0 Å². The predicted octanol–water partition coefficient (Wildman–Crippen LogP) is 7.80. The molecule has 1 atom stereocenters. The number of aliphatic hydroxyl groups is 1. The second kappa shape index (κ2) is 12.4. The number of fused-ring (bicyclic) bond motifs is 2. The number of amides is 1. The van der Waals surface area contributed by atoms with Crippen molar-refractivity contribution in [3.8, 4) is 17.2 Å². The first-order valence-electron chi connectivity index (χ1n) is 14.6. The van der Waals surface area contributed by atoms with E-state index in [0.29, 0.717) is 57.6 Å². The molecule has 1 aliphatic heterocycles. The van der Waals surface area contributed by atoms with Crippen molar-refractivity contribution < 1.29 is 33.3 Å². The van der Waals surface area contributed by atoms with Gasteiger partial charge in [0.1, 0.15) is 11.5 Å². The molecular formula is C34H32N2O7S. The molecule has 9 nitrogen and oxygen atoms in total. The fourth-order valence-electron chi connectivity index (χ4n) is 5.36. The van der Waals surface area contributed by atoms with E-state index >= 15 is 0 Å². The number of furan rings is 1. The number of carbonyl (C=O) groups excluding carboxylic acids is 2. The molecule has 5 aromatic rings. The summed E-state index contributed by atoms with van der Waals surface area (Å²) in [5, 5.41) is 12.3. The van der Waals surface area contributed by atoms with Crippen LogP contribution in [0.2, 0.25) is 0 Å². The van der Waals surface area contributed by atoms with Crippen LogP contribution in [0, 0.1) is 0 Å². The summed E-state index contributed by atoms with van der Waals surface area (Å²) in [5.41, 5.74) is 1.54. The van der Waals surface area contributed by atoms with Gasteiger partial charge in [-0.2, -0.15) is 0 Å². The van der Waals surface area contributed by atoms with Crippen molar-refractivity contribution in [2.45, 2.75) is 39.2 Å². The minimum atomic E-state index is -0.990. The molecule has 2 aromatic heterocycles. The molecule has 3 heterocycles. The van der Waals surface area contributed by atoms with Gasteiger partial charge in [0.05, 0.1) is 42.2 Å². The van der Waals surface area contributed by atoms with E-state index in [-0.39, 0.29) is 11.3 Å². The largest absolute Gasteiger partial charge is 0.503 e. The van der Waals surface area contributed by atoms with Crippen LogP contribution in [0.4, 0.5) is 5.13 Å². The van der Waals surface area contributed by atoms with Crippen LogP contribution in [-0.4, -0.2) is 42.1 Å². The first-order chi connectivity index (χ1) is 21.4.